The average Bonchev–Trinajstić information content (AvgIpc) is 2.08. The lowest BCUT2D eigenvalue weighted by atomic mass is 10.1. The number of aliphatic carboxylic acids is 1. The molecule has 5 heteroatoms. The summed E-state index contributed by atoms with van der Waals surface area (Å²) in [5.74, 6) is -0.617. The van der Waals surface area contributed by atoms with Gasteiger partial charge in [-0.25, -0.2) is 14.8 Å². The largest absolute Gasteiger partial charge is 0.479 e. The molecule has 0 spiro atoms. The summed E-state index contributed by atoms with van der Waals surface area (Å²) in [7, 11) is 0. The number of aliphatic hydroxyl groups is 1. The molecule has 0 saturated carbocycles. The van der Waals surface area contributed by atoms with Gasteiger partial charge in [-0.15, -0.1) is 0 Å². The maximum atomic E-state index is 10.3. The molecule has 70 valence electrons. The van der Waals surface area contributed by atoms with Gasteiger partial charge in [-0.3, -0.25) is 0 Å². The van der Waals surface area contributed by atoms with Crippen LogP contribution in [0.15, 0.2) is 12.4 Å². The second-order valence-electron chi connectivity index (χ2n) is 2.70. The Labute approximate surface area is 75.1 Å². The molecule has 1 heterocycles. The third-order valence-electron chi connectivity index (χ3n) is 1.55. The van der Waals surface area contributed by atoms with Gasteiger partial charge in [0.15, 0.2) is 6.10 Å². The van der Waals surface area contributed by atoms with Gasteiger partial charge in [-0.2, -0.15) is 0 Å². The van der Waals surface area contributed by atoms with Crippen LogP contribution in [-0.2, 0) is 11.2 Å². The molecule has 0 fully saturated rings. The Hall–Kier alpha value is -1.49. The summed E-state index contributed by atoms with van der Waals surface area (Å²) >= 11 is 0. The SMILES string of the molecule is Cc1ncc(CC(O)C(=O)O)cn1. The summed E-state index contributed by atoms with van der Waals surface area (Å²) in [5, 5.41) is 17.4. The molecule has 1 aromatic rings. The number of aliphatic hydroxyl groups excluding tert-OH is 1. The van der Waals surface area contributed by atoms with Crippen molar-refractivity contribution in [3.8, 4) is 0 Å². The predicted molar refractivity (Wildman–Crippen MR) is 44.1 cm³/mol. The van der Waals surface area contributed by atoms with Gasteiger partial charge in [0.1, 0.15) is 5.82 Å². The van der Waals surface area contributed by atoms with E-state index in [1.54, 1.807) is 6.92 Å². The van der Waals surface area contributed by atoms with Crippen LogP contribution < -0.4 is 0 Å². The zero-order chi connectivity index (χ0) is 9.84. The van der Waals surface area contributed by atoms with Gasteiger partial charge in [0.05, 0.1) is 0 Å². The monoisotopic (exact) mass is 182 g/mol. The van der Waals surface area contributed by atoms with E-state index in [4.69, 9.17) is 10.2 Å². The molecule has 1 aromatic heterocycles. The molecule has 0 saturated heterocycles. The second kappa shape index (κ2) is 3.95. The van der Waals surface area contributed by atoms with E-state index < -0.39 is 12.1 Å². The summed E-state index contributed by atoms with van der Waals surface area (Å²) in [4.78, 5) is 18.0. The highest BCUT2D eigenvalue weighted by Crippen LogP contribution is 2.00. The van der Waals surface area contributed by atoms with Crippen molar-refractivity contribution >= 4 is 5.97 Å². The van der Waals surface area contributed by atoms with Gasteiger partial charge in [-0.1, -0.05) is 0 Å². The minimum atomic E-state index is -1.38. The third kappa shape index (κ3) is 2.79. The number of carbonyl (C=O) groups is 1. The summed E-state index contributed by atoms with van der Waals surface area (Å²) in [6.07, 6.45) is 1.67. The van der Waals surface area contributed by atoms with Crippen LogP contribution in [-0.4, -0.2) is 32.3 Å². The lowest BCUT2D eigenvalue weighted by molar-refractivity contribution is -0.146. The summed E-state index contributed by atoms with van der Waals surface area (Å²) in [5.41, 5.74) is 0.612. The van der Waals surface area contributed by atoms with E-state index in [9.17, 15) is 4.79 Å². The average molecular weight is 182 g/mol. The van der Waals surface area contributed by atoms with E-state index in [0.29, 0.717) is 11.4 Å². The molecule has 5 nitrogen and oxygen atoms in total. The first-order chi connectivity index (χ1) is 6.09. The van der Waals surface area contributed by atoms with Crippen LogP contribution in [0.3, 0.4) is 0 Å². The van der Waals surface area contributed by atoms with Gasteiger partial charge < -0.3 is 10.2 Å². The number of nitrogens with zero attached hydrogens (tertiary/aromatic N) is 2. The molecule has 0 aliphatic rings. The van der Waals surface area contributed by atoms with Gasteiger partial charge in [-0.05, 0) is 12.5 Å². The van der Waals surface area contributed by atoms with Crippen LogP contribution in [0.1, 0.15) is 11.4 Å². The highest BCUT2D eigenvalue weighted by molar-refractivity contribution is 5.72. The number of aromatic nitrogens is 2. The number of carboxylic acids is 1. The van der Waals surface area contributed by atoms with Gasteiger partial charge in [0.25, 0.3) is 0 Å². The molecule has 2 N–H and O–H groups in total. The van der Waals surface area contributed by atoms with Gasteiger partial charge in [0.2, 0.25) is 0 Å². The van der Waals surface area contributed by atoms with E-state index in [0.717, 1.165) is 0 Å². The molecular formula is C8H10N2O3. The molecule has 1 rings (SSSR count). The molecule has 1 unspecified atom stereocenters. The molecule has 0 amide bonds. The number of carboxylic acid groups (broad SMARTS) is 1. The maximum Gasteiger partial charge on any atom is 0.332 e. The van der Waals surface area contributed by atoms with Crippen LogP contribution in [0.2, 0.25) is 0 Å². The second-order valence-corrected chi connectivity index (χ2v) is 2.70. The summed E-state index contributed by atoms with van der Waals surface area (Å²) < 4.78 is 0. The lowest BCUT2D eigenvalue weighted by Crippen LogP contribution is -2.22. The Morgan fingerprint density at radius 1 is 1.54 bits per heavy atom. The molecule has 0 aliphatic heterocycles. The quantitative estimate of drug-likeness (QED) is 0.674. The van der Waals surface area contributed by atoms with Crippen molar-refractivity contribution in [2.75, 3.05) is 0 Å². The molecule has 0 aromatic carbocycles. The van der Waals surface area contributed by atoms with Crippen molar-refractivity contribution in [2.45, 2.75) is 19.4 Å². The molecular weight excluding hydrogens is 172 g/mol. The minimum absolute atomic E-state index is 0.0373. The topological polar surface area (TPSA) is 83.3 Å². The van der Waals surface area contributed by atoms with Crippen LogP contribution in [0.25, 0.3) is 0 Å². The lowest BCUT2D eigenvalue weighted by Gasteiger charge is -2.03. The Bertz CT molecular complexity index is 297. The fourth-order valence-electron chi connectivity index (χ4n) is 0.835. The number of hydrogen-bond donors (Lipinski definition) is 2. The Morgan fingerprint density at radius 3 is 2.54 bits per heavy atom. The van der Waals surface area contributed by atoms with Crippen molar-refractivity contribution in [2.24, 2.45) is 0 Å². The number of hydrogen-bond acceptors (Lipinski definition) is 4. The first kappa shape index (κ1) is 9.60. The Morgan fingerprint density at radius 2 is 2.08 bits per heavy atom. The van der Waals surface area contributed by atoms with E-state index in [2.05, 4.69) is 9.97 Å². The normalized spacial score (nSPS) is 12.5. The highest BCUT2D eigenvalue weighted by atomic mass is 16.4. The third-order valence-corrected chi connectivity index (χ3v) is 1.55. The molecule has 0 aliphatic carbocycles. The van der Waals surface area contributed by atoms with Crippen LogP contribution in [0.5, 0.6) is 0 Å². The van der Waals surface area contributed by atoms with Crippen LogP contribution in [0, 0.1) is 6.92 Å². The van der Waals surface area contributed by atoms with Crippen molar-refractivity contribution in [3.05, 3.63) is 23.8 Å². The predicted octanol–water partition coefficient (Wildman–Crippen LogP) is -0.227. The van der Waals surface area contributed by atoms with E-state index in [1.807, 2.05) is 0 Å². The molecule has 0 radical (unpaired) electrons. The number of rotatable bonds is 3. The van der Waals surface area contributed by atoms with Crippen molar-refractivity contribution in [1.82, 2.24) is 9.97 Å². The number of aryl methyl sites for hydroxylation is 1. The Kier molecular flexibility index (Phi) is 2.92. The Balaban J connectivity index is 2.64. The van der Waals surface area contributed by atoms with E-state index in [-0.39, 0.29) is 6.42 Å². The molecule has 0 bridgehead atoms. The van der Waals surface area contributed by atoms with Crippen molar-refractivity contribution < 1.29 is 15.0 Å². The van der Waals surface area contributed by atoms with E-state index >= 15 is 0 Å². The minimum Gasteiger partial charge on any atom is -0.479 e. The first-order valence-electron chi connectivity index (χ1n) is 3.78. The maximum absolute atomic E-state index is 10.3. The first-order valence-corrected chi connectivity index (χ1v) is 3.78. The smallest absolute Gasteiger partial charge is 0.332 e. The highest BCUT2D eigenvalue weighted by Gasteiger charge is 2.13. The zero-order valence-corrected chi connectivity index (χ0v) is 7.14. The van der Waals surface area contributed by atoms with E-state index in [1.165, 1.54) is 12.4 Å². The zero-order valence-electron chi connectivity index (χ0n) is 7.14. The van der Waals surface area contributed by atoms with Gasteiger partial charge in [0, 0.05) is 18.8 Å². The standard InChI is InChI=1S/C8H10N2O3/c1-5-9-3-6(4-10-5)2-7(11)8(12)13/h3-4,7,11H,2H2,1H3,(H,12,13). The summed E-state index contributed by atoms with van der Waals surface area (Å²) in [6, 6.07) is 0. The molecule has 13 heavy (non-hydrogen) atoms. The molecule has 1 atom stereocenters. The van der Waals surface area contributed by atoms with Crippen molar-refractivity contribution in [1.29, 1.82) is 0 Å². The fraction of sp³-hybridized carbons (Fsp3) is 0.375. The van der Waals surface area contributed by atoms with Gasteiger partial charge >= 0.3 is 5.97 Å². The van der Waals surface area contributed by atoms with Crippen LogP contribution in [0.4, 0.5) is 0 Å². The van der Waals surface area contributed by atoms with Crippen LogP contribution >= 0.6 is 0 Å². The summed E-state index contributed by atoms with van der Waals surface area (Å²) in [6.45, 7) is 1.73. The fourth-order valence-corrected chi connectivity index (χ4v) is 0.835. The van der Waals surface area contributed by atoms with Crippen molar-refractivity contribution in [3.63, 3.8) is 0 Å².